The van der Waals surface area contributed by atoms with Crippen LogP contribution in [-0.2, 0) is 0 Å². The van der Waals surface area contributed by atoms with Crippen LogP contribution in [0.4, 0.5) is 5.69 Å². The number of hydrogen-bond acceptors (Lipinski definition) is 3. The number of aromatic nitrogens is 1. The molecule has 0 amide bonds. The number of hydrogen-bond donors (Lipinski definition) is 1. The standard InChI is InChI=1S/C25H19Cl2N3OS/c1-15-5-8-17(9-6-15)30-24(23(29-25(30)32)20-4-2-3-13-28-20)22-12-11-21(31-22)18-10-7-16(26)14-19(18)27/h2-14,23-24H,1H3,(H,29,32)/t23-,24+/m0/s1. The van der Waals surface area contributed by atoms with Crippen molar-refractivity contribution in [2.24, 2.45) is 0 Å². The number of benzene rings is 2. The van der Waals surface area contributed by atoms with Gasteiger partial charge in [-0.15, -0.1) is 0 Å². The highest BCUT2D eigenvalue weighted by Crippen LogP contribution is 2.43. The van der Waals surface area contributed by atoms with E-state index in [4.69, 9.17) is 39.8 Å². The molecule has 160 valence electrons. The molecule has 1 aliphatic rings. The van der Waals surface area contributed by atoms with Crippen LogP contribution in [-0.4, -0.2) is 10.1 Å². The molecule has 5 rings (SSSR count). The van der Waals surface area contributed by atoms with E-state index in [1.165, 1.54) is 5.56 Å². The van der Waals surface area contributed by atoms with Crippen LogP contribution in [0.2, 0.25) is 10.0 Å². The lowest BCUT2D eigenvalue weighted by atomic mass is 10.0. The molecule has 1 fully saturated rings. The molecule has 1 saturated heterocycles. The van der Waals surface area contributed by atoms with Crippen LogP contribution in [0.3, 0.4) is 0 Å². The van der Waals surface area contributed by atoms with Gasteiger partial charge in [-0.1, -0.05) is 47.0 Å². The Bertz CT molecular complexity index is 1270. The molecule has 4 nitrogen and oxygen atoms in total. The zero-order chi connectivity index (χ0) is 22.2. The summed E-state index contributed by atoms with van der Waals surface area (Å²) in [4.78, 5) is 6.66. The van der Waals surface area contributed by atoms with E-state index in [1.54, 1.807) is 18.3 Å². The van der Waals surface area contributed by atoms with Gasteiger partial charge < -0.3 is 14.6 Å². The Morgan fingerprint density at radius 2 is 1.81 bits per heavy atom. The molecule has 0 aliphatic carbocycles. The molecule has 32 heavy (non-hydrogen) atoms. The second kappa shape index (κ2) is 8.58. The molecule has 2 aromatic carbocycles. The normalized spacial score (nSPS) is 18.1. The van der Waals surface area contributed by atoms with Crippen molar-refractivity contribution in [1.82, 2.24) is 10.3 Å². The Balaban J connectivity index is 1.60. The zero-order valence-corrected chi connectivity index (χ0v) is 19.5. The van der Waals surface area contributed by atoms with Crippen LogP contribution < -0.4 is 10.2 Å². The van der Waals surface area contributed by atoms with E-state index in [2.05, 4.69) is 46.4 Å². The smallest absolute Gasteiger partial charge is 0.174 e. The van der Waals surface area contributed by atoms with Crippen LogP contribution in [0, 0.1) is 6.92 Å². The summed E-state index contributed by atoms with van der Waals surface area (Å²) in [6, 6.07) is 23.0. The van der Waals surface area contributed by atoms with Gasteiger partial charge in [0.1, 0.15) is 17.6 Å². The topological polar surface area (TPSA) is 41.3 Å². The molecular weight excluding hydrogens is 461 g/mol. The molecular formula is C25H19Cl2N3OS. The molecule has 1 N–H and O–H groups in total. The van der Waals surface area contributed by atoms with E-state index in [0.717, 1.165) is 22.7 Å². The molecule has 0 unspecified atom stereocenters. The quantitative estimate of drug-likeness (QED) is 0.315. The molecule has 0 saturated carbocycles. The predicted molar refractivity (Wildman–Crippen MR) is 133 cm³/mol. The lowest BCUT2D eigenvalue weighted by Crippen LogP contribution is -2.29. The monoisotopic (exact) mass is 479 g/mol. The number of nitrogens with zero attached hydrogens (tertiary/aromatic N) is 2. The van der Waals surface area contributed by atoms with Crippen molar-refractivity contribution in [2.75, 3.05) is 4.90 Å². The maximum absolute atomic E-state index is 6.42. The van der Waals surface area contributed by atoms with Gasteiger partial charge in [-0.3, -0.25) is 4.98 Å². The second-order valence-corrected chi connectivity index (χ2v) is 8.89. The summed E-state index contributed by atoms with van der Waals surface area (Å²) in [7, 11) is 0. The first-order chi connectivity index (χ1) is 15.5. The molecule has 0 bridgehead atoms. The van der Waals surface area contributed by atoms with Gasteiger partial charge in [0.2, 0.25) is 0 Å². The van der Waals surface area contributed by atoms with Gasteiger partial charge in [0.25, 0.3) is 0 Å². The number of thiocarbonyl (C=S) groups is 1. The highest BCUT2D eigenvalue weighted by atomic mass is 35.5. The highest BCUT2D eigenvalue weighted by molar-refractivity contribution is 7.80. The molecule has 2 aromatic heterocycles. The minimum absolute atomic E-state index is 0.176. The summed E-state index contributed by atoms with van der Waals surface area (Å²) in [5.74, 6) is 1.43. The van der Waals surface area contributed by atoms with Crippen LogP contribution in [0.5, 0.6) is 0 Å². The SMILES string of the molecule is Cc1ccc(N2C(=S)N[C@@H](c3ccccn3)[C@H]2c2ccc(-c3ccc(Cl)cc3Cl)o2)cc1. The van der Waals surface area contributed by atoms with Crippen molar-refractivity contribution in [3.63, 3.8) is 0 Å². The van der Waals surface area contributed by atoms with Gasteiger partial charge in [0.15, 0.2) is 5.11 Å². The van der Waals surface area contributed by atoms with E-state index >= 15 is 0 Å². The largest absolute Gasteiger partial charge is 0.459 e. The molecule has 3 heterocycles. The van der Waals surface area contributed by atoms with Crippen molar-refractivity contribution in [2.45, 2.75) is 19.0 Å². The fraction of sp³-hybridized carbons (Fsp3) is 0.120. The first kappa shape index (κ1) is 21.0. The number of aryl methyl sites for hydroxylation is 1. The van der Waals surface area contributed by atoms with Gasteiger partial charge in [0, 0.05) is 22.5 Å². The van der Waals surface area contributed by atoms with Gasteiger partial charge >= 0.3 is 0 Å². The molecule has 0 spiro atoms. The molecule has 7 heteroatoms. The van der Waals surface area contributed by atoms with Crippen molar-refractivity contribution in [3.8, 4) is 11.3 Å². The number of anilines is 1. The fourth-order valence-corrected chi connectivity index (χ4v) is 4.82. The van der Waals surface area contributed by atoms with Gasteiger partial charge in [-0.05, 0) is 73.7 Å². The third-order valence-electron chi connectivity index (χ3n) is 5.53. The van der Waals surface area contributed by atoms with Gasteiger partial charge in [-0.25, -0.2) is 0 Å². The number of furan rings is 1. The van der Waals surface area contributed by atoms with Crippen LogP contribution >= 0.6 is 35.4 Å². The predicted octanol–water partition coefficient (Wildman–Crippen LogP) is 7.13. The Morgan fingerprint density at radius 3 is 2.53 bits per heavy atom. The minimum Gasteiger partial charge on any atom is -0.459 e. The Hall–Kier alpha value is -2.86. The maximum Gasteiger partial charge on any atom is 0.174 e. The summed E-state index contributed by atoms with van der Waals surface area (Å²) in [5.41, 5.74) is 3.84. The Kier molecular flexibility index (Phi) is 5.64. The Morgan fingerprint density at radius 1 is 1.00 bits per heavy atom. The second-order valence-electron chi connectivity index (χ2n) is 7.66. The van der Waals surface area contributed by atoms with Crippen LogP contribution in [0.25, 0.3) is 11.3 Å². The number of rotatable bonds is 4. The summed E-state index contributed by atoms with van der Waals surface area (Å²) in [6.45, 7) is 2.06. The van der Waals surface area contributed by atoms with Crippen molar-refractivity contribution >= 4 is 46.2 Å². The first-order valence-corrected chi connectivity index (χ1v) is 11.3. The summed E-state index contributed by atoms with van der Waals surface area (Å²) in [5, 5.41) is 5.18. The zero-order valence-electron chi connectivity index (χ0n) is 17.1. The van der Waals surface area contributed by atoms with E-state index in [9.17, 15) is 0 Å². The molecule has 0 radical (unpaired) electrons. The fourth-order valence-electron chi connectivity index (χ4n) is 3.97. The summed E-state index contributed by atoms with van der Waals surface area (Å²) < 4.78 is 6.35. The van der Waals surface area contributed by atoms with Crippen molar-refractivity contribution in [1.29, 1.82) is 0 Å². The summed E-state index contributed by atoms with van der Waals surface area (Å²) >= 11 is 18.2. The van der Waals surface area contributed by atoms with Crippen LogP contribution in [0.1, 0.15) is 29.1 Å². The van der Waals surface area contributed by atoms with Crippen molar-refractivity contribution < 1.29 is 4.42 Å². The third-order valence-corrected chi connectivity index (χ3v) is 6.39. The van der Waals surface area contributed by atoms with Gasteiger partial charge in [-0.2, -0.15) is 0 Å². The lowest BCUT2D eigenvalue weighted by Gasteiger charge is -2.26. The lowest BCUT2D eigenvalue weighted by molar-refractivity contribution is 0.439. The number of halogens is 2. The van der Waals surface area contributed by atoms with E-state index in [-0.39, 0.29) is 12.1 Å². The van der Waals surface area contributed by atoms with E-state index < -0.39 is 0 Å². The number of pyridine rings is 1. The number of nitrogens with one attached hydrogen (secondary N) is 1. The Labute approximate surface area is 201 Å². The van der Waals surface area contributed by atoms with Crippen molar-refractivity contribution in [3.05, 3.63) is 106 Å². The van der Waals surface area contributed by atoms with Gasteiger partial charge in [0.05, 0.1) is 16.8 Å². The summed E-state index contributed by atoms with van der Waals surface area (Å²) in [6.07, 6.45) is 1.78. The molecule has 2 atom stereocenters. The van der Waals surface area contributed by atoms with E-state index in [0.29, 0.717) is 20.9 Å². The molecule has 4 aromatic rings. The average Bonchev–Trinajstić information content (AvgIpc) is 3.39. The molecule has 1 aliphatic heterocycles. The first-order valence-electron chi connectivity index (χ1n) is 10.1. The minimum atomic E-state index is -0.222. The third kappa shape index (κ3) is 3.88. The van der Waals surface area contributed by atoms with E-state index in [1.807, 2.05) is 36.4 Å². The average molecular weight is 480 g/mol. The highest BCUT2D eigenvalue weighted by Gasteiger charge is 2.42. The maximum atomic E-state index is 6.42. The van der Waals surface area contributed by atoms with Crippen LogP contribution in [0.15, 0.2) is 83.4 Å².